The van der Waals surface area contributed by atoms with Crippen molar-refractivity contribution in [3.8, 4) is 0 Å². The van der Waals surface area contributed by atoms with E-state index >= 15 is 0 Å². The molecule has 0 saturated heterocycles. The molecular weight excluding hydrogens is 166 g/mol. The Morgan fingerprint density at radius 2 is 2.31 bits per heavy atom. The first-order valence-corrected chi connectivity index (χ1v) is 3.92. The summed E-state index contributed by atoms with van der Waals surface area (Å²) in [6.45, 7) is 3.57. The Bertz CT molecular complexity index is 320. The summed E-state index contributed by atoms with van der Waals surface area (Å²) in [7, 11) is 0. The SMILES string of the molecule is C=CC[CH]c1cccc([N+](=O)[O-])c1. The van der Waals surface area contributed by atoms with E-state index in [1.807, 2.05) is 12.5 Å². The van der Waals surface area contributed by atoms with E-state index < -0.39 is 4.92 Å². The molecule has 1 rings (SSSR count). The summed E-state index contributed by atoms with van der Waals surface area (Å²) >= 11 is 0. The van der Waals surface area contributed by atoms with Gasteiger partial charge in [-0.2, -0.15) is 0 Å². The van der Waals surface area contributed by atoms with Crippen LogP contribution in [0.15, 0.2) is 36.9 Å². The maximum atomic E-state index is 10.4. The van der Waals surface area contributed by atoms with Gasteiger partial charge in [-0.3, -0.25) is 10.1 Å². The highest BCUT2D eigenvalue weighted by Gasteiger charge is 2.04. The van der Waals surface area contributed by atoms with Gasteiger partial charge < -0.3 is 0 Å². The van der Waals surface area contributed by atoms with Crippen molar-refractivity contribution in [2.45, 2.75) is 6.42 Å². The van der Waals surface area contributed by atoms with E-state index in [1.165, 1.54) is 6.07 Å². The average molecular weight is 176 g/mol. The van der Waals surface area contributed by atoms with E-state index in [1.54, 1.807) is 18.2 Å². The van der Waals surface area contributed by atoms with Gasteiger partial charge >= 0.3 is 0 Å². The van der Waals surface area contributed by atoms with Gasteiger partial charge in [-0.15, -0.1) is 6.58 Å². The molecule has 0 saturated carbocycles. The molecule has 0 bridgehead atoms. The average Bonchev–Trinajstić information content (AvgIpc) is 2.15. The van der Waals surface area contributed by atoms with Gasteiger partial charge in [0.25, 0.3) is 5.69 Å². The predicted octanol–water partition coefficient (Wildman–Crippen LogP) is 2.72. The Kier molecular flexibility index (Phi) is 3.20. The zero-order valence-electron chi connectivity index (χ0n) is 7.14. The molecule has 0 amide bonds. The summed E-state index contributed by atoms with van der Waals surface area (Å²) in [6, 6.07) is 6.53. The Morgan fingerprint density at radius 1 is 1.54 bits per heavy atom. The van der Waals surface area contributed by atoms with Gasteiger partial charge in [-0.25, -0.2) is 0 Å². The van der Waals surface area contributed by atoms with Gasteiger partial charge in [0.1, 0.15) is 0 Å². The van der Waals surface area contributed by atoms with Crippen LogP contribution >= 0.6 is 0 Å². The van der Waals surface area contributed by atoms with Crippen LogP contribution in [0.2, 0.25) is 0 Å². The first-order chi connectivity index (χ1) is 6.24. The fraction of sp³-hybridized carbons (Fsp3) is 0.100. The number of rotatable bonds is 4. The van der Waals surface area contributed by atoms with Crippen molar-refractivity contribution in [3.63, 3.8) is 0 Å². The topological polar surface area (TPSA) is 43.1 Å². The molecule has 0 heterocycles. The van der Waals surface area contributed by atoms with Crippen LogP contribution in [0.1, 0.15) is 12.0 Å². The quantitative estimate of drug-likeness (QED) is 0.402. The third-order valence-corrected chi connectivity index (χ3v) is 1.60. The highest BCUT2D eigenvalue weighted by atomic mass is 16.6. The second kappa shape index (κ2) is 4.40. The van der Waals surface area contributed by atoms with Crippen molar-refractivity contribution >= 4 is 5.69 Å². The molecule has 1 aromatic rings. The molecule has 3 nitrogen and oxygen atoms in total. The smallest absolute Gasteiger partial charge is 0.258 e. The van der Waals surface area contributed by atoms with Gasteiger partial charge in [0, 0.05) is 12.1 Å². The molecule has 0 spiro atoms. The summed E-state index contributed by atoms with van der Waals surface area (Å²) in [6.07, 6.45) is 4.36. The van der Waals surface area contributed by atoms with Crippen LogP contribution in [0.5, 0.6) is 0 Å². The third-order valence-electron chi connectivity index (χ3n) is 1.60. The fourth-order valence-corrected chi connectivity index (χ4v) is 0.985. The van der Waals surface area contributed by atoms with Gasteiger partial charge in [0.05, 0.1) is 4.92 Å². The lowest BCUT2D eigenvalue weighted by molar-refractivity contribution is -0.384. The van der Waals surface area contributed by atoms with Crippen molar-refractivity contribution in [2.24, 2.45) is 0 Å². The molecule has 0 aliphatic carbocycles. The van der Waals surface area contributed by atoms with Crippen LogP contribution < -0.4 is 0 Å². The van der Waals surface area contributed by atoms with Crippen LogP contribution in [0.25, 0.3) is 0 Å². The molecule has 0 aromatic heterocycles. The van der Waals surface area contributed by atoms with E-state index in [0.29, 0.717) is 0 Å². The lowest BCUT2D eigenvalue weighted by Gasteiger charge is -1.96. The van der Waals surface area contributed by atoms with Gasteiger partial charge in [-0.05, 0) is 18.4 Å². The first kappa shape index (κ1) is 9.45. The maximum absolute atomic E-state index is 10.4. The van der Waals surface area contributed by atoms with E-state index in [4.69, 9.17) is 0 Å². The largest absolute Gasteiger partial charge is 0.269 e. The van der Waals surface area contributed by atoms with E-state index in [9.17, 15) is 10.1 Å². The standard InChI is InChI=1S/C10H10NO2/c1-2-3-5-9-6-4-7-10(8-9)11(12)13/h2,4-8H,1,3H2. The number of hydrogen-bond donors (Lipinski definition) is 0. The van der Waals surface area contributed by atoms with Crippen LogP contribution in [-0.4, -0.2) is 4.92 Å². The minimum absolute atomic E-state index is 0.123. The molecule has 0 unspecified atom stereocenters. The van der Waals surface area contributed by atoms with Crippen LogP contribution in [0, 0.1) is 16.5 Å². The Labute approximate surface area is 76.9 Å². The summed E-state index contributed by atoms with van der Waals surface area (Å²) in [5, 5.41) is 10.4. The first-order valence-electron chi connectivity index (χ1n) is 3.92. The number of nitro groups is 1. The molecule has 3 heteroatoms. The highest BCUT2D eigenvalue weighted by molar-refractivity contribution is 5.37. The zero-order chi connectivity index (χ0) is 9.68. The third kappa shape index (κ3) is 2.71. The number of benzene rings is 1. The van der Waals surface area contributed by atoms with Gasteiger partial charge in [0.2, 0.25) is 0 Å². The number of nitrogens with zero attached hydrogens (tertiary/aromatic N) is 1. The number of allylic oxidation sites excluding steroid dienone is 1. The van der Waals surface area contributed by atoms with Crippen LogP contribution in [0.4, 0.5) is 5.69 Å². The minimum atomic E-state index is -0.398. The molecule has 0 fully saturated rings. The zero-order valence-corrected chi connectivity index (χ0v) is 7.14. The highest BCUT2D eigenvalue weighted by Crippen LogP contribution is 2.15. The second-order valence-corrected chi connectivity index (χ2v) is 2.58. The van der Waals surface area contributed by atoms with Crippen molar-refractivity contribution in [1.82, 2.24) is 0 Å². The molecule has 0 N–H and O–H groups in total. The van der Waals surface area contributed by atoms with Crippen LogP contribution in [0.3, 0.4) is 0 Å². The molecule has 0 atom stereocenters. The van der Waals surface area contributed by atoms with Crippen molar-refractivity contribution in [1.29, 1.82) is 0 Å². The summed E-state index contributed by atoms with van der Waals surface area (Å²) in [4.78, 5) is 10.0. The lowest BCUT2D eigenvalue weighted by Crippen LogP contribution is -1.89. The number of hydrogen-bond acceptors (Lipinski definition) is 2. The summed E-state index contributed by atoms with van der Waals surface area (Å²) < 4.78 is 0. The second-order valence-electron chi connectivity index (χ2n) is 2.58. The van der Waals surface area contributed by atoms with Crippen LogP contribution in [-0.2, 0) is 0 Å². The van der Waals surface area contributed by atoms with Gasteiger partial charge in [-0.1, -0.05) is 18.2 Å². The molecular formula is C10H10NO2. The van der Waals surface area contributed by atoms with Crippen molar-refractivity contribution < 1.29 is 4.92 Å². The van der Waals surface area contributed by atoms with E-state index in [-0.39, 0.29) is 5.69 Å². The molecule has 0 aliphatic heterocycles. The summed E-state index contributed by atoms with van der Waals surface area (Å²) in [5.74, 6) is 0. The van der Waals surface area contributed by atoms with E-state index in [0.717, 1.165) is 12.0 Å². The molecule has 67 valence electrons. The molecule has 13 heavy (non-hydrogen) atoms. The molecule has 0 aliphatic rings. The fourth-order valence-electron chi connectivity index (χ4n) is 0.985. The Morgan fingerprint density at radius 3 is 2.92 bits per heavy atom. The lowest BCUT2D eigenvalue weighted by atomic mass is 10.1. The predicted molar refractivity (Wildman–Crippen MR) is 51.3 cm³/mol. The Hall–Kier alpha value is -1.64. The van der Waals surface area contributed by atoms with Crippen molar-refractivity contribution in [2.75, 3.05) is 0 Å². The minimum Gasteiger partial charge on any atom is -0.258 e. The molecule has 1 aromatic carbocycles. The summed E-state index contributed by atoms with van der Waals surface area (Å²) in [5.41, 5.74) is 0.979. The maximum Gasteiger partial charge on any atom is 0.269 e. The van der Waals surface area contributed by atoms with E-state index in [2.05, 4.69) is 6.58 Å². The normalized spacial score (nSPS) is 9.54. The Balaban J connectivity index is 2.79. The number of non-ortho nitro benzene ring substituents is 1. The van der Waals surface area contributed by atoms with Gasteiger partial charge in [0.15, 0.2) is 0 Å². The monoisotopic (exact) mass is 176 g/mol. The number of nitro benzene ring substituents is 1. The molecule has 1 radical (unpaired) electrons. The van der Waals surface area contributed by atoms with Crippen molar-refractivity contribution in [3.05, 3.63) is 59.0 Å².